The molecule has 0 aromatic carbocycles. The molecule has 0 bridgehead atoms. The lowest BCUT2D eigenvalue weighted by molar-refractivity contribution is -0.00000856. The molecule has 1 fully saturated rings. The third-order valence-electron chi connectivity index (χ3n) is 3.30. The molecule has 0 spiro atoms. The van der Waals surface area contributed by atoms with Crippen LogP contribution in [0.3, 0.4) is 0 Å². The Balaban J connectivity index is 0.00000180. The van der Waals surface area contributed by atoms with Crippen LogP contribution in [-0.4, -0.2) is 42.4 Å². The molecule has 110 valence electrons. The second kappa shape index (κ2) is 9.72. The molecular formula is C14H23ClNO2S-. The minimum atomic E-state index is -0.358. The fourth-order valence-electron chi connectivity index (χ4n) is 2.36. The van der Waals surface area contributed by atoms with Gasteiger partial charge in [-0.1, -0.05) is 18.9 Å². The third-order valence-corrected chi connectivity index (χ3v) is 4.15. The van der Waals surface area contributed by atoms with Gasteiger partial charge in [0, 0.05) is 11.4 Å². The van der Waals surface area contributed by atoms with Gasteiger partial charge in [-0.3, -0.25) is 0 Å². The zero-order valence-electron chi connectivity index (χ0n) is 11.3. The highest BCUT2D eigenvalue weighted by molar-refractivity contribution is 7.09. The molecule has 2 rings (SSSR count). The van der Waals surface area contributed by atoms with Crippen molar-refractivity contribution in [3.05, 3.63) is 22.4 Å². The molecule has 2 heterocycles. The van der Waals surface area contributed by atoms with Gasteiger partial charge in [-0.2, -0.15) is 0 Å². The van der Waals surface area contributed by atoms with Crippen LogP contribution in [0, 0.1) is 0 Å². The number of hydrogen-bond acceptors (Lipinski definition) is 4. The van der Waals surface area contributed by atoms with E-state index >= 15 is 0 Å². The summed E-state index contributed by atoms with van der Waals surface area (Å²) in [4.78, 5) is 3.59. The number of aliphatic hydroxyl groups is 1. The quantitative estimate of drug-likeness (QED) is 0.770. The lowest BCUT2D eigenvalue weighted by Crippen LogP contribution is -3.00. The van der Waals surface area contributed by atoms with Gasteiger partial charge in [-0.05, 0) is 37.4 Å². The average molecular weight is 305 g/mol. The molecule has 1 N–H and O–H groups in total. The molecule has 0 amide bonds. The van der Waals surface area contributed by atoms with E-state index in [0.29, 0.717) is 13.2 Å². The van der Waals surface area contributed by atoms with Gasteiger partial charge < -0.3 is 27.2 Å². The lowest BCUT2D eigenvalue weighted by Gasteiger charge is -2.22. The molecule has 1 atom stereocenters. The predicted octanol–water partition coefficient (Wildman–Crippen LogP) is -0.494. The molecule has 19 heavy (non-hydrogen) atoms. The van der Waals surface area contributed by atoms with E-state index in [1.165, 1.54) is 30.6 Å². The van der Waals surface area contributed by atoms with E-state index in [4.69, 9.17) is 4.74 Å². The number of ether oxygens (including phenoxy) is 1. The fraction of sp³-hybridized carbons (Fsp3) is 0.714. The molecule has 1 aromatic heterocycles. The molecule has 0 saturated carbocycles. The highest BCUT2D eigenvalue weighted by Crippen LogP contribution is 2.11. The summed E-state index contributed by atoms with van der Waals surface area (Å²) in [5.41, 5.74) is 0. The molecular weight excluding hydrogens is 282 g/mol. The highest BCUT2D eigenvalue weighted by atomic mass is 35.5. The molecule has 1 aliphatic rings. The van der Waals surface area contributed by atoms with E-state index in [2.05, 4.69) is 11.0 Å². The second-order valence-electron chi connectivity index (χ2n) is 4.96. The van der Waals surface area contributed by atoms with Crippen LogP contribution in [0.4, 0.5) is 0 Å². The topological polar surface area (TPSA) is 32.7 Å². The zero-order valence-corrected chi connectivity index (χ0v) is 12.8. The Kier molecular flexibility index (Phi) is 8.66. The first kappa shape index (κ1) is 16.9. The fourth-order valence-corrected chi connectivity index (χ4v) is 3.00. The summed E-state index contributed by atoms with van der Waals surface area (Å²) in [6, 6.07) is 4.09. The van der Waals surface area contributed by atoms with Gasteiger partial charge in [0.05, 0.1) is 19.3 Å². The van der Waals surface area contributed by atoms with E-state index in [0.717, 1.165) is 19.6 Å². The predicted molar refractivity (Wildman–Crippen MR) is 74.9 cm³/mol. The van der Waals surface area contributed by atoms with Crippen molar-refractivity contribution >= 4 is 11.3 Å². The van der Waals surface area contributed by atoms with E-state index in [1.807, 2.05) is 11.4 Å². The van der Waals surface area contributed by atoms with Crippen LogP contribution in [-0.2, 0) is 11.3 Å². The molecule has 1 aromatic rings. The lowest BCUT2D eigenvalue weighted by atomic mass is 10.2. The summed E-state index contributed by atoms with van der Waals surface area (Å²) >= 11 is 1.70. The monoisotopic (exact) mass is 304 g/mol. The van der Waals surface area contributed by atoms with Gasteiger partial charge in [0.1, 0.15) is 0 Å². The number of aliphatic hydroxyl groups excluding tert-OH is 1. The molecule has 1 aliphatic heterocycles. The van der Waals surface area contributed by atoms with Crippen LogP contribution in [0.1, 0.15) is 30.6 Å². The Bertz CT molecular complexity index is 313. The average Bonchev–Trinajstić information content (AvgIpc) is 2.74. The van der Waals surface area contributed by atoms with E-state index in [9.17, 15) is 5.11 Å². The number of halogens is 1. The number of hydrogen-bond donors (Lipinski definition) is 1. The summed E-state index contributed by atoms with van der Waals surface area (Å²) in [5.74, 6) is 0. The van der Waals surface area contributed by atoms with Crippen LogP contribution in [0.25, 0.3) is 0 Å². The van der Waals surface area contributed by atoms with Crippen molar-refractivity contribution in [1.29, 1.82) is 0 Å². The Morgan fingerprint density at radius 2 is 2.00 bits per heavy atom. The van der Waals surface area contributed by atoms with Crippen molar-refractivity contribution in [2.45, 2.75) is 38.4 Å². The first-order valence-corrected chi connectivity index (χ1v) is 7.73. The van der Waals surface area contributed by atoms with Crippen molar-refractivity contribution in [1.82, 2.24) is 4.90 Å². The molecule has 0 radical (unpaired) electrons. The van der Waals surface area contributed by atoms with E-state index in [1.54, 1.807) is 11.3 Å². The standard InChI is InChI=1S/C14H23NO2S.ClH/c16-13(10-15-7-3-1-2-4-8-15)11-17-12-14-6-5-9-18-14;/h5-6,9,13,16H,1-4,7-8,10-12H2;1H/p-1. The van der Waals surface area contributed by atoms with Crippen molar-refractivity contribution < 1.29 is 22.3 Å². The van der Waals surface area contributed by atoms with Gasteiger partial charge in [0.15, 0.2) is 0 Å². The maximum absolute atomic E-state index is 9.96. The molecule has 3 nitrogen and oxygen atoms in total. The third kappa shape index (κ3) is 6.72. The highest BCUT2D eigenvalue weighted by Gasteiger charge is 2.13. The summed E-state index contributed by atoms with van der Waals surface area (Å²) in [6.07, 6.45) is 4.84. The first-order chi connectivity index (χ1) is 8.84. The van der Waals surface area contributed by atoms with E-state index < -0.39 is 0 Å². The largest absolute Gasteiger partial charge is 1.00 e. The van der Waals surface area contributed by atoms with Crippen LogP contribution >= 0.6 is 11.3 Å². The minimum Gasteiger partial charge on any atom is -1.00 e. The number of nitrogens with zero attached hydrogens (tertiary/aromatic N) is 1. The summed E-state index contributed by atoms with van der Waals surface area (Å²) < 4.78 is 5.55. The maximum Gasteiger partial charge on any atom is 0.0900 e. The van der Waals surface area contributed by atoms with Crippen LogP contribution in [0.5, 0.6) is 0 Å². The summed E-state index contributed by atoms with van der Waals surface area (Å²) in [7, 11) is 0. The normalized spacial score (nSPS) is 18.6. The number of likely N-dealkylation sites (tertiary alicyclic amines) is 1. The van der Waals surface area contributed by atoms with Gasteiger partial charge in [-0.15, -0.1) is 11.3 Å². The van der Waals surface area contributed by atoms with Gasteiger partial charge >= 0.3 is 0 Å². The molecule has 1 unspecified atom stereocenters. The van der Waals surface area contributed by atoms with E-state index in [-0.39, 0.29) is 18.5 Å². The molecule has 5 heteroatoms. The molecule has 1 saturated heterocycles. The van der Waals surface area contributed by atoms with Crippen molar-refractivity contribution in [3.8, 4) is 0 Å². The van der Waals surface area contributed by atoms with Crippen LogP contribution in [0.15, 0.2) is 17.5 Å². The Morgan fingerprint density at radius 3 is 2.63 bits per heavy atom. The number of β-amino-alcohol motifs (C(OH)–C–C–N with tert-alkyl or cyclic N) is 1. The van der Waals surface area contributed by atoms with Crippen molar-refractivity contribution in [2.24, 2.45) is 0 Å². The second-order valence-corrected chi connectivity index (χ2v) is 6.00. The molecule has 0 aliphatic carbocycles. The van der Waals surface area contributed by atoms with Crippen molar-refractivity contribution in [3.63, 3.8) is 0 Å². The number of thiophene rings is 1. The first-order valence-electron chi connectivity index (χ1n) is 6.85. The smallest absolute Gasteiger partial charge is 0.0900 e. The maximum atomic E-state index is 9.96. The summed E-state index contributed by atoms with van der Waals surface area (Å²) in [6.45, 7) is 4.07. The van der Waals surface area contributed by atoms with Crippen LogP contribution in [0.2, 0.25) is 0 Å². The van der Waals surface area contributed by atoms with Gasteiger partial charge in [0.2, 0.25) is 0 Å². The minimum absolute atomic E-state index is 0. The Labute approximate surface area is 126 Å². The summed E-state index contributed by atoms with van der Waals surface area (Å²) in [5, 5.41) is 12.0. The zero-order chi connectivity index (χ0) is 12.6. The number of rotatable bonds is 6. The van der Waals surface area contributed by atoms with Crippen molar-refractivity contribution in [2.75, 3.05) is 26.2 Å². The Morgan fingerprint density at radius 1 is 1.26 bits per heavy atom. The van der Waals surface area contributed by atoms with Gasteiger partial charge in [-0.25, -0.2) is 0 Å². The van der Waals surface area contributed by atoms with Crippen LogP contribution < -0.4 is 12.4 Å². The Hall–Kier alpha value is -0.130. The SMILES string of the molecule is OC(COCc1cccs1)CN1CCCCCC1.[Cl-]. The van der Waals surface area contributed by atoms with Gasteiger partial charge in [0.25, 0.3) is 0 Å².